The number of nitrogens with zero attached hydrogens (tertiary/aromatic N) is 1. The summed E-state index contributed by atoms with van der Waals surface area (Å²) in [6.07, 6.45) is 5.61. The zero-order chi connectivity index (χ0) is 13.7. The second kappa shape index (κ2) is 8.47. The number of rotatable bonds is 3. The van der Waals surface area contributed by atoms with Crippen LogP contribution in [-0.4, -0.2) is 48.4 Å². The average Bonchev–Trinajstić information content (AvgIpc) is 2.55. The fourth-order valence-corrected chi connectivity index (χ4v) is 2.92. The lowest BCUT2D eigenvalue weighted by molar-refractivity contribution is -0.135. The molecule has 2 N–H and O–H groups in total. The number of halogens is 1. The zero-order valence-electron chi connectivity index (χ0n) is 12.2. The first-order valence-electron chi connectivity index (χ1n) is 7.45. The molecule has 20 heavy (non-hydrogen) atoms. The Balaban J connectivity index is 0.00000200. The van der Waals surface area contributed by atoms with E-state index in [1.807, 2.05) is 0 Å². The zero-order valence-corrected chi connectivity index (χ0v) is 13.0. The van der Waals surface area contributed by atoms with Crippen molar-refractivity contribution in [2.75, 3.05) is 19.6 Å². The summed E-state index contributed by atoms with van der Waals surface area (Å²) in [5.74, 6) is 0.126. The van der Waals surface area contributed by atoms with E-state index in [-0.39, 0.29) is 36.8 Å². The molecule has 0 saturated carbocycles. The van der Waals surface area contributed by atoms with E-state index in [1.54, 1.807) is 4.90 Å². The molecule has 2 atom stereocenters. The van der Waals surface area contributed by atoms with E-state index < -0.39 is 0 Å². The first kappa shape index (κ1) is 17.2. The van der Waals surface area contributed by atoms with Gasteiger partial charge in [-0.15, -0.1) is 12.4 Å². The quantitative estimate of drug-likeness (QED) is 0.820. The van der Waals surface area contributed by atoms with Crippen LogP contribution in [0.3, 0.4) is 0 Å². The molecule has 2 saturated heterocycles. The van der Waals surface area contributed by atoms with Crippen LogP contribution in [0.4, 0.5) is 0 Å². The van der Waals surface area contributed by atoms with Gasteiger partial charge in [-0.25, -0.2) is 0 Å². The average molecular weight is 304 g/mol. The van der Waals surface area contributed by atoms with Crippen molar-refractivity contribution in [1.82, 2.24) is 15.5 Å². The van der Waals surface area contributed by atoms with Crippen LogP contribution in [0.25, 0.3) is 0 Å². The van der Waals surface area contributed by atoms with Crippen molar-refractivity contribution < 1.29 is 9.59 Å². The molecule has 6 heteroatoms. The molecule has 2 heterocycles. The molecule has 0 aromatic carbocycles. The lowest BCUT2D eigenvalue weighted by Gasteiger charge is -2.29. The molecule has 2 amide bonds. The van der Waals surface area contributed by atoms with Crippen molar-refractivity contribution in [1.29, 1.82) is 0 Å². The van der Waals surface area contributed by atoms with E-state index in [9.17, 15) is 9.59 Å². The van der Waals surface area contributed by atoms with Crippen LogP contribution in [0.15, 0.2) is 0 Å². The molecule has 2 aliphatic rings. The van der Waals surface area contributed by atoms with Gasteiger partial charge in [-0.05, 0) is 39.2 Å². The van der Waals surface area contributed by atoms with Crippen LogP contribution in [0.5, 0.6) is 0 Å². The lowest BCUT2D eigenvalue weighted by Crippen LogP contribution is -2.49. The van der Waals surface area contributed by atoms with Gasteiger partial charge in [-0.2, -0.15) is 0 Å². The molecular formula is C14H26ClN3O2. The van der Waals surface area contributed by atoms with Crippen LogP contribution in [0, 0.1) is 0 Å². The molecular weight excluding hydrogens is 278 g/mol. The van der Waals surface area contributed by atoms with Gasteiger partial charge in [-0.3, -0.25) is 9.59 Å². The van der Waals surface area contributed by atoms with Gasteiger partial charge < -0.3 is 15.5 Å². The number of carbonyl (C=O) groups is 2. The van der Waals surface area contributed by atoms with E-state index in [0.717, 1.165) is 45.2 Å². The minimum atomic E-state index is -0.00523. The largest absolute Gasteiger partial charge is 0.352 e. The molecule has 0 aliphatic carbocycles. The Hall–Kier alpha value is -0.810. The fourth-order valence-electron chi connectivity index (χ4n) is 2.92. The third-order valence-electron chi connectivity index (χ3n) is 3.99. The van der Waals surface area contributed by atoms with Gasteiger partial charge in [0, 0.05) is 25.0 Å². The predicted octanol–water partition coefficient (Wildman–Crippen LogP) is 1.07. The number of carbonyl (C=O) groups excluding carboxylic acids is 2. The molecule has 2 aliphatic heterocycles. The van der Waals surface area contributed by atoms with Crippen LogP contribution >= 0.6 is 12.4 Å². The monoisotopic (exact) mass is 303 g/mol. The molecule has 116 valence electrons. The van der Waals surface area contributed by atoms with E-state index in [0.29, 0.717) is 12.5 Å². The molecule has 0 aromatic heterocycles. The van der Waals surface area contributed by atoms with Gasteiger partial charge in [0.2, 0.25) is 11.8 Å². The summed E-state index contributed by atoms with van der Waals surface area (Å²) >= 11 is 0. The van der Waals surface area contributed by atoms with Crippen LogP contribution in [-0.2, 0) is 9.59 Å². The summed E-state index contributed by atoms with van der Waals surface area (Å²) in [5.41, 5.74) is 0. The third kappa shape index (κ3) is 5.29. The highest BCUT2D eigenvalue weighted by Gasteiger charge is 2.23. The molecule has 5 nitrogen and oxygen atoms in total. The molecule has 0 aromatic rings. The molecule has 2 rings (SSSR count). The Morgan fingerprint density at radius 3 is 2.95 bits per heavy atom. The number of nitrogens with one attached hydrogen (secondary N) is 2. The maximum Gasteiger partial charge on any atom is 0.239 e. The highest BCUT2D eigenvalue weighted by Crippen LogP contribution is 2.11. The Morgan fingerprint density at radius 1 is 1.40 bits per heavy atom. The highest BCUT2D eigenvalue weighted by atomic mass is 35.5. The Labute approximate surface area is 127 Å². The van der Waals surface area contributed by atoms with Crippen molar-refractivity contribution >= 4 is 24.2 Å². The van der Waals surface area contributed by atoms with Crippen LogP contribution < -0.4 is 10.6 Å². The molecule has 2 unspecified atom stereocenters. The van der Waals surface area contributed by atoms with Gasteiger partial charge in [0.15, 0.2) is 0 Å². The molecule has 0 radical (unpaired) electrons. The van der Waals surface area contributed by atoms with Crippen molar-refractivity contribution in [3.63, 3.8) is 0 Å². The summed E-state index contributed by atoms with van der Waals surface area (Å²) in [6, 6.07) is 0.713. The molecule has 0 spiro atoms. The Morgan fingerprint density at radius 2 is 2.20 bits per heavy atom. The minimum Gasteiger partial charge on any atom is -0.352 e. The highest BCUT2D eigenvalue weighted by molar-refractivity contribution is 5.85. The first-order chi connectivity index (χ1) is 9.15. The van der Waals surface area contributed by atoms with Crippen molar-refractivity contribution in [3.8, 4) is 0 Å². The smallest absolute Gasteiger partial charge is 0.239 e. The number of piperidine rings is 1. The summed E-state index contributed by atoms with van der Waals surface area (Å²) in [5, 5.41) is 6.43. The van der Waals surface area contributed by atoms with Crippen molar-refractivity contribution in [2.45, 2.75) is 57.5 Å². The van der Waals surface area contributed by atoms with E-state index >= 15 is 0 Å². The fraction of sp³-hybridized carbons (Fsp3) is 0.857. The summed E-state index contributed by atoms with van der Waals surface area (Å²) < 4.78 is 0. The lowest BCUT2D eigenvalue weighted by atomic mass is 10.0. The second-order valence-electron chi connectivity index (χ2n) is 5.77. The third-order valence-corrected chi connectivity index (χ3v) is 3.99. The first-order valence-corrected chi connectivity index (χ1v) is 7.45. The van der Waals surface area contributed by atoms with Crippen molar-refractivity contribution in [2.24, 2.45) is 0 Å². The predicted molar refractivity (Wildman–Crippen MR) is 80.9 cm³/mol. The summed E-state index contributed by atoms with van der Waals surface area (Å²) in [4.78, 5) is 25.6. The maximum absolute atomic E-state index is 12.0. The second-order valence-corrected chi connectivity index (χ2v) is 5.77. The van der Waals surface area contributed by atoms with Crippen LogP contribution in [0.2, 0.25) is 0 Å². The number of likely N-dealkylation sites (tertiary alicyclic amines) is 1. The Bertz CT molecular complexity index is 338. The van der Waals surface area contributed by atoms with Crippen molar-refractivity contribution in [3.05, 3.63) is 0 Å². The minimum absolute atomic E-state index is 0. The number of amides is 2. The van der Waals surface area contributed by atoms with Gasteiger partial charge in [0.05, 0.1) is 6.54 Å². The molecule has 2 fully saturated rings. The van der Waals surface area contributed by atoms with E-state index in [4.69, 9.17) is 0 Å². The normalized spacial score (nSPS) is 27.4. The van der Waals surface area contributed by atoms with Gasteiger partial charge in [-0.1, -0.05) is 6.42 Å². The van der Waals surface area contributed by atoms with E-state index in [1.165, 1.54) is 0 Å². The van der Waals surface area contributed by atoms with Gasteiger partial charge in [0.1, 0.15) is 0 Å². The SMILES string of the molecule is CC1CC(NC(=O)CN2CCCCCC2=O)CCN1.Cl. The maximum atomic E-state index is 12.0. The molecule has 0 bridgehead atoms. The Kier molecular flexibility index (Phi) is 7.30. The number of hydrogen-bond donors (Lipinski definition) is 2. The topological polar surface area (TPSA) is 61.4 Å². The standard InChI is InChI=1S/C14H25N3O2.ClH/c1-11-9-12(6-7-15-11)16-13(18)10-17-8-4-2-3-5-14(17)19;/h11-12,15H,2-10H2,1H3,(H,16,18);1H. The van der Waals surface area contributed by atoms with Crippen LogP contribution in [0.1, 0.15) is 45.4 Å². The number of hydrogen-bond acceptors (Lipinski definition) is 3. The van der Waals surface area contributed by atoms with E-state index in [2.05, 4.69) is 17.6 Å². The summed E-state index contributed by atoms with van der Waals surface area (Å²) in [7, 11) is 0. The van der Waals surface area contributed by atoms with Gasteiger partial charge in [0.25, 0.3) is 0 Å². The van der Waals surface area contributed by atoms with Gasteiger partial charge >= 0.3 is 0 Å². The summed E-state index contributed by atoms with van der Waals surface area (Å²) in [6.45, 7) is 4.05.